The van der Waals surface area contributed by atoms with Gasteiger partial charge in [0.1, 0.15) is 11.5 Å². The Morgan fingerprint density at radius 1 is 0.826 bits per heavy atom. The van der Waals surface area contributed by atoms with Gasteiger partial charge in [0, 0.05) is 11.3 Å². The maximum atomic E-state index is 10.3. The molecule has 23 heavy (non-hydrogen) atoms. The molecule has 0 saturated carbocycles. The highest BCUT2D eigenvalue weighted by Crippen LogP contribution is 2.25. The summed E-state index contributed by atoms with van der Waals surface area (Å²) in [6.45, 7) is 2.04. The van der Waals surface area contributed by atoms with E-state index < -0.39 is 6.23 Å². The SMILES string of the molecule is Cc1ccc(Oc2cccc(C(O)Nc3ccccc3)c2)cc1. The molecule has 0 bridgehead atoms. The Hall–Kier alpha value is -2.78. The number of aliphatic hydroxyl groups excluding tert-OH is 1. The molecular formula is C20H19NO2. The van der Waals surface area contributed by atoms with Gasteiger partial charge in [-0.2, -0.15) is 0 Å². The van der Waals surface area contributed by atoms with Crippen molar-refractivity contribution in [1.82, 2.24) is 0 Å². The van der Waals surface area contributed by atoms with Gasteiger partial charge in [0.15, 0.2) is 6.23 Å². The molecule has 0 spiro atoms. The highest BCUT2D eigenvalue weighted by atomic mass is 16.5. The van der Waals surface area contributed by atoms with Crippen LogP contribution in [-0.4, -0.2) is 5.11 Å². The highest BCUT2D eigenvalue weighted by Gasteiger charge is 2.08. The molecular weight excluding hydrogens is 286 g/mol. The third-order valence-corrected chi connectivity index (χ3v) is 3.51. The van der Waals surface area contributed by atoms with Crippen LogP contribution in [0.2, 0.25) is 0 Å². The second-order valence-corrected chi connectivity index (χ2v) is 5.40. The van der Waals surface area contributed by atoms with Crippen molar-refractivity contribution in [1.29, 1.82) is 0 Å². The van der Waals surface area contributed by atoms with E-state index in [4.69, 9.17) is 4.74 Å². The minimum atomic E-state index is -0.793. The fraction of sp³-hybridized carbons (Fsp3) is 0.100. The Balaban J connectivity index is 1.72. The van der Waals surface area contributed by atoms with Gasteiger partial charge >= 0.3 is 0 Å². The van der Waals surface area contributed by atoms with E-state index >= 15 is 0 Å². The molecule has 3 aromatic rings. The van der Waals surface area contributed by atoms with Crippen molar-refractivity contribution in [3.05, 3.63) is 90.0 Å². The summed E-state index contributed by atoms with van der Waals surface area (Å²) in [6, 6.07) is 24.9. The summed E-state index contributed by atoms with van der Waals surface area (Å²) in [5.74, 6) is 1.47. The van der Waals surface area contributed by atoms with Crippen LogP contribution in [0.5, 0.6) is 11.5 Å². The van der Waals surface area contributed by atoms with Gasteiger partial charge in [-0.15, -0.1) is 0 Å². The van der Waals surface area contributed by atoms with Crippen LogP contribution in [0.25, 0.3) is 0 Å². The largest absolute Gasteiger partial charge is 0.457 e. The molecule has 1 unspecified atom stereocenters. The fourth-order valence-electron chi connectivity index (χ4n) is 2.27. The molecule has 0 saturated heterocycles. The number of benzene rings is 3. The number of nitrogens with one attached hydrogen (secondary N) is 1. The van der Waals surface area contributed by atoms with Gasteiger partial charge in [0.05, 0.1) is 0 Å². The number of hydrogen-bond acceptors (Lipinski definition) is 3. The normalized spacial score (nSPS) is 11.7. The molecule has 0 heterocycles. The first-order chi connectivity index (χ1) is 11.2. The zero-order chi connectivity index (χ0) is 16.1. The lowest BCUT2D eigenvalue weighted by molar-refractivity contribution is 0.208. The van der Waals surface area contributed by atoms with E-state index in [2.05, 4.69) is 5.32 Å². The molecule has 116 valence electrons. The molecule has 0 amide bonds. The Morgan fingerprint density at radius 3 is 2.30 bits per heavy atom. The summed E-state index contributed by atoms with van der Waals surface area (Å²) in [6.07, 6.45) is -0.793. The van der Waals surface area contributed by atoms with E-state index in [1.165, 1.54) is 5.56 Å². The first-order valence-electron chi connectivity index (χ1n) is 7.55. The van der Waals surface area contributed by atoms with E-state index in [-0.39, 0.29) is 0 Å². The lowest BCUT2D eigenvalue weighted by Gasteiger charge is -2.15. The zero-order valence-electron chi connectivity index (χ0n) is 12.9. The number of rotatable bonds is 5. The van der Waals surface area contributed by atoms with Crippen LogP contribution < -0.4 is 10.1 Å². The lowest BCUT2D eigenvalue weighted by atomic mass is 10.1. The summed E-state index contributed by atoms with van der Waals surface area (Å²) >= 11 is 0. The molecule has 3 nitrogen and oxygen atoms in total. The van der Waals surface area contributed by atoms with Crippen molar-refractivity contribution in [2.75, 3.05) is 5.32 Å². The predicted molar refractivity (Wildman–Crippen MR) is 92.7 cm³/mol. The van der Waals surface area contributed by atoms with Crippen molar-refractivity contribution >= 4 is 5.69 Å². The van der Waals surface area contributed by atoms with Crippen LogP contribution in [0, 0.1) is 6.92 Å². The first kappa shape index (κ1) is 15.1. The summed E-state index contributed by atoms with van der Waals surface area (Å²) in [5, 5.41) is 13.4. The number of para-hydroxylation sites is 1. The average Bonchev–Trinajstić information content (AvgIpc) is 2.58. The van der Waals surface area contributed by atoms with Crippen LogP contribution in [0.1, 0.15) is 17.4 Å². The standard InChI is InChI=1S/C20H19NO2/c1-15-10-12-18(13-11-15)23-19-9-5-6-16(14-19)20(22)21-17-7-3-2-4-8-17/h2-14,20-22H,1H3. The minimum absolute atomic E-state index is 0.695. The van der Waals surface area contributed by atoms with Crippen molar-refractivity contribution in [3.8, 4) is 11.5 Å². The monoisotopic (exact) mass is 305 g/mol. The van der Waals surface area contributed by atoms with Crippen LogP contribution in [-0.2, 0) is 0 Å². The third kappa shape index (κ3) is 4.11. The molecule has 3 heteroatoms. The number of aliphatic hydroxyl groups is 1. The van der Waals surface area contributed by atoms with Crippen LogP contribution in [0.15, 0.2) is 78.9 Å². The van der Waals surface area contributed by atoms with Gasteiger partial charge in [-0.1, -0.05) is 48.0 Å². The fourth-order valence-corrected chi connectivity index (χ4v) is 2.27. The maximum Gasteiger partial charge on any atom is 0.150 e. The van der Waals surface area contributed by atoms with Gasteiger partial charge in [-0.05, 0) is 43.3 Å². The Kier molecular flexibility index (Phi) is 4.60. The number of ether oxygens (including phenoxy) is 1. The van der Waals surface area contributed by atoms with E-state index in [1.807, 2.05) is 85.8 Å². The number of anilines is 1. The zero-order valence-corrected chi connectivity index (χ0v) is 12.9. The molecule has 0 aromatic heterocycles. The molecule has 0 fully saturated rings. The van der Waals surface area contributed by atoms with Crippen molar-refractivity contribution in [2.45, 2.75) is 13.2 Å². The second-order valence-electron chi connectivity index (χ2n) is 5.40. The summed E-state index contributed by atoms with van der Waals surface area (Å²) in [4.78, 5) is 0. The summed E-state index contributed by atoms with van der Waals surface area (Å²) in [5.41, 5.74) is 2.80. The molecule has 0 aliphatic rings. The molecule has 0 radical (unpaired) electrons. The van der Waals surface area contributed by atoms with Gasteiger partial charge in [-0.25, -0.2) is 0 Å². The van der Waals surface area contributed by atoms with Crippen molar-refractivity contribution < 1.29 is 9.84 Å². The average molecular weight is 305 g/mol. The van der Waals surface area contributed by atoms with Crippen molar-refractivity contribution in [3.63, 3.8) is 0 Å². The molecule has 2 N–H and O–H groups in total. The molecule has 3 aromatic carbocycles. The van der Waals surface area contributed by atoms with Crippen LogP contribution in [0.3, 0.4) is 0 Å². The van der Waals surface area contributed by atoms with Gasteiger partial charge in [0.25, 0.3) is 0 Å². The highest BCUT2D eigenvalue weighted by molar-refractivity contribution is 5.45. The molecule has 3 rings (SSSR count). The van der Waals surface area contributed by atoms with Gasteiger partial charge < -0.3 is 15.2 Å². The summed E-state index contributed by atoms with van der Waals surface area (Å²) in [7, 11) is 0. The first-order valence-corrected chi connectivity index (χ1v) is 7.55. The smallest absolute Gasteiger partial charge is 0.150 e. The van der Waals surface area contributed by atoms with E-state index in [0.29, 0.717) is 5.75 Å². The Labute approximate surface area is 136 Å². The van der Waals surface area contributed by atoms with E-state index in [0.717, 1.165) is 17.0 Å². The lowest BCUT2D eigenvalue weighted by Crippen LogP contribution is -2.09. The van der Waals surface area contributed by atoms with Crippen LogP contribution in [0.4, 0.5) is 5.69 Å². The summed E-state index contributed by atoms with van der Waals surface area (Å²) < 4.78 is 5.84. The maximum absolute atomic E-state index is 10.3. The Bertz CT molecular complexity index is 754. The second kappa shape index (κ2) is 6.99. The van der Waals surface area contributed by atoms with Gasteiger partial charge in [0.2, 0.25) is 0 Å². The topological polar surface area (TPSA) is 41.5 Å². The Morgan fingerprint density at radius 2 is 1.57 bits per heavy atom. The molecule has 0 aliphatic heterocycles. The van der Waals surface area contributed by atoms with E-state index in [9.17, 15) is 5.11 Å². The number of hydrogen-bond donors (Lipinski definition) is 2. The third-order valence-electron chi connectivity index (χ3n) is 3.51. The quantitative estimate of drug-likeness (QED) is 0.659. The molecule has 0 aliphatic carbocycles. The van der Waals surface area contributed by atoms with Crippen LogP contribution >= 0.6 is 0 Å². The minimum Gasteiger partial charge on any atom is -0.457 e. The number of aryl methyl sites for hydroxylation is 1. The van der Waals surface area contributed by atoms with Crippen molar-refractivity contribution in [2.24, 2.45) is 0 Å². The molecule has 1 atom stereocenters. The van der Waals surface area contributed by atoms with E-state index in [1.54, 1.807) is 0 Å². The predicted octanol–water partition coefficient (Wildman–Crippen LogP) is 4.89. The van der Waals surface area contributed by atoms with Gasteiger partial charge in [-0.3, -0.25) is 0 Å².